The van der Waals surface area contributed by atoms with E-state index in [9.17, 15) is 4.79 Å². The summed E-state index contributed by atoms with van der Waals surface area (Å²) in [7, 11) is 0. The Bertz CT molecular complexity index is 981. The molecule has 0 bridgehead atoms. The molecule has 1 aliphatic rings. The van der Waals surface area contributed by atoms with E-state index in [0.717, 1.165) is 28.5 Å². The van der Waals surface area contributed by atoms with Gasteiger partial charge in [0, 0.05) is 54.1 Å². The van der Waals surface area contributed by atoms with Crippen LogP contribution >= 0.6 is 11.6 Å². The van der Waals surface area contributed by atoms with Gasteiger partial charge in [0.25, 0.3) is 0 Å². The molecule has 1 atom stereocenters. The second-order valence-electron chi connectivity index (χ2n) is 6.18. The number of anilines is 1. The van der Waals surface area contributed by atoms with Gasteiger partial charge in [0.15, 0.2) is 0 Å². The van der Waals surface area contributed by atoms with Crippen LogP contribution in [-0.2, 0) is 0 Å². The largest absolute Gasteiger partial charge is 0.465 e. The van der Waals surface area contributed by atoms with Crippen molar-refractivity contribution in [2.45, 2.75) is 12.5 Å². The number of halogens is 1. The molecule has 3 aromatic heterocycles. The van der Waals surface area contributed by atoms with Crippen LogP contribution in [0.4, 0.5) is 10.6 Å². The van der Waals surface area contributed by atoms with Gasteiger partial charge in [-0.1, -0.05) is 11.6 Å². The van der Waals surface area contributed by atoms with Crippen LogP contribution in [-0.4, -0.2) is 50.2 Å². The van der Waals surface area contributed by atoms with Gasteiger partial charge < -0.3 is 15.3 Å². The summed E-state index contributed by atoms with van der Waals surface area (Å²) in [6, 6.07) is 7.49. The van der Waals surface area contributed by atoms with Crippen LogP contribution in [0.15, 0.2) is 42.9 Å². The Labute approximate surface area is 154 Å². The molecular formula is C18H16ClN5O2. The third-order valence-electron chi connectivity index (χ3n) is 4.45. The number of fused-ring (bicyclic) bond motifs is 1. The molecule has 4 heterocycles. The number of likely N-dealkylation sites (tertiary alicyclic amines) is 1. The lowest BCUT2D eigenvalue weighted by atomic mass is 10.1. The summed E-state index contributed by atoms with van der Waals surface area (Å²) in [5.74, 6) is 0.713. The fourth-order valence-electron chi connectivity index (χ4n) is 3.16. The second kappa shape index (κ2) is 6.76. The Morgan fingerprint density at radius 2 is 2.19 bits per heavy atom. The molecule has 0 aliphatic carbocycles. The lowest BCUT2D eigenvalue weighted by Gasteiger charge is -2.17. The fourth-order valence-corrected chi connectivity index (χ4v) is 3.34. The van der Waals surface area contributed by atoms with E-state index in [4.69, 9.17) is 21.7 Å². The molecule has 1 saturated heterocycles. The van der Waals surface area contributed by atoms with Crippen LogP contribution in [0.1, 0.15) is 6.42 Å². The van der Waals surface area contributed by atoms with Crippen molar-refractivity contribution >= 4 is 34.3 Å². The highest BCUT2D eigenvalue weighted by molar-refractivity contribution is 6.29. The zero-order valence-corrected chi connectivity index (χ0v) is 14.5. The monoisotopic (exact) mass is 369 g/mol. The summed E-state index contributed by atoms with van der Waals surface area (Å²) in [4.78, 5) is 25.5. The standard InChI is InChI=1S/C18H16ClN5O2/c19-16-8-11(1-5-21-16)15-7-12-9-20-4-2-14(12)17(23-15)22-13-3-6-24(10-13)18(25)26/h1-2,4-5,7-9,13H,3,6,10H2,(H,22,23)(H,25,26)/t13-/m1/s1. The minimum absolute atomic E-state index is 0.0197. The molecule has 2 N–H and O–H groups in total. The first-order valence-corrected chi connectivity index (χ1v) is 8.59. The van der Waals surface area contributed by atoms with E-state index in [0.29, 0.717) is 24.1 Å². The molecule has 0 spiro atoms. The van der Waals surface area contributed by atoms with Gasteiger partial charge in [0.2, 0.25) is 0 Å². The van der Waals surface area contributed by atoms with Crippen LogP contribution in [0.5, 0.6) is 0 Å². The summed E-state index contributed by atoms with van der Waals surface area (Å²) < 4.78 is 0. The van der Waals surface area contributed by atoms with Crippen molar-refractivity contribution in [1.82, 2.24) is 19.9 Å². The van der Waals surface area contributed by atoms with Crippen LogP contribution in [0, 0.1) is 0 Å². The fraction of sp³-hybridized carbons (Fsp3) is 0.222. The summed E-state index contributed by atoms with van der Waals surface area (Å²) in [5.41, 5.74) is 1.61. The highest BCUT2D eigenvalue weighted by Gasteiger charge is 2.26. The first kappa shape index (κ1) is 16.5. The van der Waals surface area contributed by atoms with Gasteiger partial charge >= 0.3 is 6.09 Å². The third-order valence-corrected chi connectivity index (χ3v) is 4.66. The zero-order chi connectivity index (χ0) is 18.1. The van der Waals surface area contributed by atoms with Crippen molar-refractivity contribution in [2.75, 3.05) is 18.4 Å². The van der Waals surface area contributed by atoms with Crippen molar-refractivity contribution in [2.24, 2.45) is 0 Å². The normalized spacial score (nSPS) is 16.8. The van der Waals surface area contributed by atoms with Gasteiger partial charge in [-0.25, -0.2) is 14.8 Å². The minimum Gasteiger partial charge on any atom is -0.465 e. The molecule has 1 aliphatic heterocycles. The Morgan fingerprint density at radius 3 is 2.96 bits per heavy atom. The first-order valence-electron chi connectivity index (χ1n) is 8.21. The topological polar surface area (TPSA) is 91.2 Å². The smallest absolute Gasteiger partial charge is 0.407 e. The van der Waals surface area contributed by atoms with Gasteiger partial charge in [-0.2, -0.15) is 0 Å². The number of amides is 1. The van der Waals surface area contributed by atoms with Gasteiger partial charge in [0.1, 0.15) is 11.0 Å². The molecule has 26 heavy (non-hydrogen) atoms. The Balaban J connectivity index is 1.72. The predicted octanol–water partition coefficient (Wildman–Crippen LogP) is 3.51. The number of carboxylic acid groups (broad SMARTS) is 1. The van der Waals surface area contributed by atoms with Crippen LogP contribution in [0.3, 0.4) is 0 Å². The summed E-state index contributed by atoms with van der Waals surface area (Å²) in [6.07, 6.45) is 4.99. The lowest BCUT2D eigenvalue weighted by molar-refractivity contribution is 0.155. The van der Waals surface area contributed by atoms with E-state index in [-0.39, 0.29) is 6.04 Å². The van der Waals surface area contributed by atoms with Gasteiger partial charge in [-0.15, -0.1) is 0 Å². The number of hydrogen-bond acceptors (Lipinski definition) is 5. The first-order chi connectivity index (χ1) is 12.6. The van der Waals surface area contributed by atoms with E-state index in [2.05, 4.69) is 15.3 Å². The zero-order valence-electron chi connectivity index (χ0n) is 13.8. The Morgan fingerprint density at radius 1 is 1.31 bits per heavy atom. The molecule has 132 valence electrons. The molecule has 3 aromatic rings. The van der Waals surface area contributed by atoms with Crippen molar-refractivity contribution in [3.63, 3.8) is 0 Å². The predicted molar refractivity (Wildman–Crippen MR) is 99.4 cm³/mol. The molecule has 0 aromatic carbocycles. The van der Waals surface area contributed by atoms with E-state index in [1.807, 2.05) is 18.2 Å². The number of nitrogens with zero attached hydrogens (tertiary/aromatic N) is 4. The number of rotatable bonds is 3. The van der Waals surface area contributed by atoms with Gasteiger partial charge in [-0.05, 0) is 30.7 Å². The maximum Gasteiger partial charge on any atom is 0.407 e. The summed E-state index contributed by atoms with van der Waals surface area (Å²) >= 11 is 6.01. The summed E-state index contributed by atoms with van der Waals surface area (Å²) in [6.45, 7) is 0.959. The van der Waals surface area contributed by atoms with E-state index < -0.39 is 6.09 Å². The molecule has 1 fully saturated rings. The maximum atomic E-state index is 11.1. The van der Waals surface area contributed by atoms with Gasteiger partial charge in [-0.3, -0.25) is 4.98 Å². The molecule has 8 heteroatoms. The quantitative estimate of drug-likeness (QED) is 0.686. The van der Waals surface area contributed by atoms with Crippen molar-refractivity contribution < 1.29 is 9.90 Å². The molecular weight excluding hydrogens is 354 g/mol. The minimum atomic E-state index is -0.892. The van der Waals surface area contributed by atoms with Crippen LogP contribution in [0.25, 0.3) is 22.0 Å². The molecule has 4 rings (SSSR count). The number of nitrogens with one attached hydrogen (secondary N) is 1. The second-order valence-corrected chi connectivity index (χ2v) is 6.57. The number of aromatic nitrogens is 3. The SMILES string of the molecule is O=C(O)N1CC[C@@H](Nc2nc(-c3ccnc(Cl)c3)cc3cnccc23)C1. The van der Waals surface area contributed by atoms with Crippen LogP contribution in [0.2, 0.25) is 5.15 Å². The van der Waals surface area contributed by atoms with Gasteiger partial charge in [0.05, 0.1) is 5.69 Å². The molecule has 0 saturated carbocycles. The van der Waals surface area contributed by atoms with E-state index >= 15 is 0 Å². The number of pyridine rings is 3. The van der Waals surface area contributed by atoms with E-state index in [1.54, 1.807) is 24.7 Å². The van der Waals surface area contributed by atoms with Crippen LogP contribution < -0.4 is 5.32 Å². The van der Waals surface area contributed by atoms with Crippen molar-refractivity contribution in [3.05, 3.63) is 48.0 Å². The molecule has 0 unspecified atom stereocenters. The molecule has 1 amide bonds. The number of hydrogen-bond donors (Lipinski definition) is 2. The lowest BCUT2D eigenvalue weighted by Crippen LogP contribution is -2.30. The Kier molecular flexibility index (Phi) is 4.30. The third kappa shape index (κ3) is 3.25. The highest BCUT2D eigenvalue weighted by atomic mass is 35.5. The van der Waals surface area contributed by atoms with E-state index in [1.165, 1.54) is 4.90 Å². The van der Waals surface area contributed by atoms with Crippen molar-refractivity contribution in [3.8, 4) is 11.3 Å². The number of carbonyl (C=O) groups is 1. The Hall–Kier alpha value is -2.93. The maximum absolute atomic E-state index is 11.1. The summed E-state index contributed by atoms with van der Waals surface area (Å²) in [5, 5.41) is 14.8. The average Bonchev–Trinajstić information content (AvgIpc) is 3.10. The van der Waals surface area contributed by atoms with Crippen molar-refractivity contribution in [1.29, 1.82) is 0 Å². The molecule has 7 nitrogen and oxygen atoms in total. The average molecular weight is 370 g/mol. The highest BCUT2D eigenvalue weighted by Crippen LogP contribution is 2.29. The molecule has 0 radical (unpaired) electrons.